The van der Waals surface area contributed by atoms with E-state index >= 15 is 0 Å². The highest BCUT2D eigenvalue weighted by Gasteiger charge is 2.27. The van der Waals surface area contributed by atoms with E-state index in [1.807, 2.05) is 0 Å². The quantitative estimate of drug-likeness (QED) is 0.752. The monoisotopic (exact) mass is 280 g/mol. The van der Waals surface area contributed by atoms with Crippen molar-refractivity contribution in [3.8, 4) is 0 Å². The molecule has 0 unspecified atom stereocenters. The van der Waals surface area contributed by atoms with Crippen molar-refractivity contribution < 1.29 is 27.5 Å². The third kappa shape index (κ3) is 4.48. The lowest BCUT2D eigenvalue weighted by Gasteiger charge is -2.07. The molecule has 3 N–H and O–H groups in total. The van der Waals surface area contributed by atoms with Crippen LogP contribution < -0.4 is 11.1 Å². The predicted octanol–water partition coefficient (Wildman–Crippen LogP) is -0.0696. The number of nitrogens with two attached hydrogens (primary N) is 1. The lowest BCUT2D eigenvalue weighted by molar-refractivity contribution is -0.138. The average Bonchev–Trinajstić information content (AvgIpc) is 2.65. The van der Waals surface area contributed by atoms with Gasteiger partial charge in [0.05, 0.1) is 12.8 Å². The Morgan fingerprint density at radius 1 is 1.53 bits per heavy atom. The summed E-state index contributed by atoms with van der Waals surface area (Å²) < 4.78 is 40.9. The number of anilines is 1. The molecule has 0 spiro atoms. The van der Waals surface area contributed by atoms with Gasteiger partial charge in [-0.25, -0.2) is 4.79 Å². The minimum atomic E-state index is -4.49. The number of methoxy groups -OCH3 is 1. The molecule has 0 aliphatic carbocycles. The highest BCUT2D eigenvalue weighted by molar-refractivity contribution is 5.92. The zero-order valence-corrected chi connectivity index (χ0v) is 9.82. The number of amides is 1. The highest BCUT2D eigenvalue weighted by Crippen LogP contribution is 2.12. The normalized spacial score (nSPS) is 11.2. The van der Waals surface area contributed by atoms with Crippen molar-refractivity contribution in [2.45, 2.75) is 12.7 Å². The van der Waals surface area contributed by atoms with E-state index in [0.29, 0.717) is 0 Å². The van der Waals surface area contributed by atoms with Crippen LogP contribution in [0.3, 0.4) is 0 Å². The number of alkyl halides is 3. The second-order valence-corrected chi connectivity index (χ2v) is 3.51. The van der Waals surface area contributed by atoms with Crippen molar-refractivity contribution in [3.05, 3.63) is 11.9 Å². The number of esters is 1. The van der Waals surface area contributed by atoms with Gasteiger partial charge in [0.25, 0.3) is 0 Å². The molecule has 1 aromatic rings. The van der Waals surface area contributed by atoms with Crippen LogP contribution in [0.2, 0.25) is 0 Å². The number of hydrogen-bond donors (Lipinski definition) is 2. The molecule has 0 saturated carbocycles. The van der Waals surface area contributed by atoms with E-state index in [9.17, 15) is 22.8 Å². The maximum Gasteiger partial charge on any atom is 0.405 e. The summed E-state index contributed by atoms with van der Waals surface area (Å²) in [5.41, 5.74) is 5.21. The molecule has 0 aliphatic rings. The summed E-state index contributed by atoms with van der Waals surface area (Å²) in [5, 5.41) is 5.30. The van der Waals surface area contributed by atoms with E-state index in [1.165, 1.54) is 0 Å². The molecule has 7 nitrogen and oxygen atoms in total. The van der Waals surface area contributed by atoms with Crippen molar-refractivity contribution in [2.24, 2.45) is 0 Å². The summed E-state index contributed by atoms with van der Waals surface area (Å²) >= 11 is 0. The van der Waals surface area contributed by atoms with Crippen LogP contribution in [-0.2, 0) is 16.1 Å². The third-order valence-corrected chi connectivity index (χ3v) is 1.96. The second kappa shape index (κ2) is 5.59. The Balaban J connectivity index is 2.63. The van der Waals surface area contributed by atoms with Gasteiger partial charge < -0.3 is 15.8 Å². The van der Waals surface area contributed by atoms with Crippen molar-refractivity contribution in [3.63, 3.8) is 0 Å². The molecule has 1 rings (SSSR count). The molecule has 1 heterocycles. The molecule has 0 saturated heterocycles. The van der Waals surface area contributed by atoms with Gasteiger partial charge in [0.1, 0.15) is 13.1 Å². The fourth-order valence-corrected chi connectivity index (χ4v) is 1.17. The molecule has 106 valence electrons. The lowest BCUT2D eigenvalue weighted by Crippen LogP contribution is -2.35. The van der Waals surface area contributed by atoms with Crippen molar-refractivity contribution in [2.75, 3.05) is 19.4 Å². The Kier molecular flexibility index (Phi) is 4.35. The Morgan fingerprint density at radius 2 is 2.16 bits per heavy atom. The first kappa shape index (κ1) is 14.8. The molecule has 10 heteroatoms. The van der Waals surface area contributed by atoms with Crippen LogP contribution in [0.1, 0.15) is 10.5 Å². The molecular weight excluding hydrogens is 269 g/mol. The van der Waals surface area contributed by atoms with Crippen LogP contribution in [0.4, 0.5) is 18.9 Å². The molecule has 0 aromatic carbocycles. The van der Waals surface area contributed by atoms with Gasteiger partial charge in [0, 0.05) is 6.20 Å². The number of halogens is 3. The molecule has 0 radical (unpaired) electrons. The first-order valence-corrected chi connectivity index (χ1v) is 4.97. The smallest absolute Gasteiger partial charge is 0.405 e. The van der Waals surface area contributed by atoms with Crippen molar-refractivity contribution in [1.29, 1.82) is 0 Å². The summed E-state index contributed by atoms with van der Waals surface area (Å²) in [6, 6.07) is 0. The maximum absolute atomic E-state index is 11.9. The molecule has 1 amide bonds. The van der Waals surface area contributed by atoms with Gasteiger partial charge in [-0.15, -0.1) is 0 Å². The summed E-state index contributed by atoms with van der Waals surface area (Å²) in [6.07, 6.45) is -3.34. The fraction of sp³-hybridized carbons (Fsp3) is 0.444. The van der Waals surface area contributed by atoms with E-state index in [4.69, 9.17) is 5.73 Å². The minimum absolute atomic E-state index is 0.0320. The van der Waals surface area contributed by atoms with Crippen LogP contribution >= 0.6 is 0 Å². The third-order valence-electron chi connectivity index (χ3n) is 1.96. The number of aromatic nitrogens is 2. The predicted molar refractivity (Wildman–Crippen MR) is 57.0 cm³/mol. The number of carbonyl (C=O) groups excluding carboxylic acids is 2. The zero-order valence-electron chi connectivity index (χ0n) is 9.82. The second-order valence-electron chi connectivity index (χ2n) is 3.51. The number of rotatable bonds is 4. The van der Waals surface area contributed by atoms with Gasteiger partial charge in [-0.2, -0.15) is 18.3 Å². The molecule has 19 heavy (non-hydrogen) atoms. The summed E-state index contributed by atoms with van der Waals surface area (Å²) in [4.78, 5) is 22.4. The first-order valence-electron chi connectivity index (χ1n) is 4.97. The Morgan fingerprint density at radius 3 is 2.68 bits per heavy atom. The van der Waals surface area contributed by atoms with E-state index in [2.05, 4.69) is 9.84 Å². The van der Waals surface area contributed by atoms with E-state index in [1.54, 1.807) is 5.32 Å². The molecule has 0 aliphatic heterocycles. The van der Waals surface area contributed by atoms with Gasteiger partial charge in [-0.1, -0.05) is 0 Å². The van der Waals surface area contributed by atoms with Gasteiger partial charge in [0.2, 0.25) is 5.91 Å². The van der Waals surface area contributed by atoms with E-state index in [0.717, 1.165) is 18.0 Å². The molecule has 0 atom stereocenters. The summed E-state index contributed by atoms with van der Waals surface area (Å²) in [7, 11) is 1.12. The number of nitrogens with zero attached hydrogens (tertiary/aromatic N) is 2. The largest absolute Gasteiger partial charge is 0.464 e. The SMILES string of the molecule is COC(=O)c1nn(CC(=O)NCC(F)(F)F)cc1N. The van der Waals surface area contributed by atoms with Crippen LogP contribution in [0.15, 0.2) is 6.20 Å². The number of nitrogen functional groups attached to an aromatic ring is 1. The first-order chi connectivity index (χ1) is 8.73. The van der Waals surface area contributed by atoms with Gasteiger partial charge in [-0.05, 0) is 0 Å². The van der Waals surface area contributed by atoms with E-state index < -0.39 is 31.1 Å². The number of hydrogen-bond acceptors (Lipinski definition) is 5. The number of carbonyl (C=O) groups is 2. The van der Waals surface area contributed by atoms with Crippen LogP contribution in [0, 0.1) is 0 Å². The molecular formula is C9H11F3N4O3. The van der Waals surface area contributed by atoms with Gasteiger partial charge in [0.15, 0.2) is 5.69 Å². The molecule has 0 fully saturated rings. The van der Waals surface area contributed by atoms with Gasteiger partial charge >= 0.3 is 12.1 Å². The fourth-order valence-electron chi connectivity index (χ4n) is 1.17. The Labute approximate surface area is 105 Å². The van der Waals surface area contributed by atoms with Crippen LogP contribution in [-0.4, -0.2) is 41.5 Å². The Bertz CT molecular complexity index is 484. The molecule has 0 bridgehead atoms. The topological polar surface area (TPSA) is 99.2 Å². The average molecular weight is 280 g/mol. The summed E-state index contributed by atoms with van der Waals surface area (Å²) in [5.74, 6) is -1.71. The maximum atomic E-state index is 11.9. The number of nitrogens with one attached hydrogen (secondary N) is 1. The van der Waals surface area contributed by atoms with E-state index in [-0.39, 0.29) is 11.4 Å². The van der Waals surface area contributed by atoms with Crippen molar-refractivity contribution in [1.82, 2.24) is 15.1 Å². The van der Waals surface area contributed by atoms with Gasteiger partial charge in [-0.3, -0.25) is 9.48 Å². The minimum Gasteiger partial charge on any atom is -0.464 e. The Hall–Kier alpha value is -2.26. The van der Waals surface area contributed by atoms with Crippen molar-refractivity contribution >= 4 is 17.6 Å². The number of ether oxygens (including phenoxy) is 1. The van der Waals surface area contributed by atoms with Crippen LogP contribution in [0.5, 0.6) is 0 Å². The highest BCUT2D eigenvalue weighted by atomic mass is 19.4. The summed E-state index contributed by atoms with van der Waals surface area (Å²) in [6.45, 7) is -1.93. The van der Waals surface area contributed by atoms with Crippen LogP contribution in [0.25, 0.3) is 0 Å². The lowest BCUT2D eigenvalue weighted by atomic mass is 10.4. The standard InChI is InChI=1S/C9H11F3N4O3/c1-19-8(18)7-5(13)2-16(15-7)3-6(17)14-4-9(10,11)12/h2H,3-4,13H2,1H3,(H,14,17). The zero-order chi connectivity index (χ0) is 14.6. The molecule has 1 aromatic heterocycles.